The molecule has 1 amide bonds. The van der Waals surface area contributed by atoms with Gasteiger partial charge in [0.25, 0.3) is 5.56 Å². The van der Waals surface area contributed by atoms with E-state index in [0.717, 1.165) is 21.7 Å². The molecule has 0 saturated heterocycles. The molecule has 1 N–H and O–H groups in total. The molecule has 28 heavy (non-hydrogen) atoms. The van der Waals surface area contributed by atoms with Crippen LogP contribution in [0.15, 0.2) is 32.8 Å². The molecule has 0 aliphatic heterocycles. The molecule has 3 aromatic heterocycles. The molecule has 0 spiro atoms. The van der Waals surface area contributed by atoms with Gasteiger partial charge in [-0.3, -0.25) is 14.2 Å². The summed E-state index contributed by atoms with van der Waals surface area (Å²) in [5, 5.41) is 7.92. The van der Waals surface area contributed by atoms with Crippen LogP contribution in [0.4, 0.5) is 0 Å². The number of hydrogen-bond donors (Lipinski definition) is 1. The fourth-order valence-corrected chi connectivity index (χ4v) is 5.58. The van der Waals surface area contributed by atoms with Gasteiger partial charge in [-0.1, -0.05) is 38.6 Å². The number of thioether (sulfide) groups is 1. The van der Waals surface area contributed by atoms with Crippen LogP contribution in [0.3, 0.4) is 0 Å². The maximum Gasteiger partial charge on any atom is 0.263 e. The molecular formula is C20H25N3O2S3. The van der Waals surface area contributed by atoms with Gasteiger partial charge in [0.2, 0.25) is 5.91 Å². The molecule has 0 radical (unpaired) electrons. The molecule has 0 aromatic carbocycles. The lowest BCUT2D eigenvalue weighted by atomic mass is 10.2. The first-order valence-electron chi connectivity index (χ1n) is 9.42. The van der Waals surface area contributed by atoms with Crippen LogP contribution in [0.1, 0.15) is 34.1 Å². The van der Waals surface area contributed by atoms with E-state index in [-0.39, 0.29) is 16.7 Å². The third kappa shape index (κ3) is 4.50. The van der Waals surface area contributed by atoms with Crippen molar-refractivity contribution < 1.29 is 4.79 Å². The second kappa shape index (κ2) is 9.24. The van der Waals surface area contributed by atoms with Gasteiger partial charge in [-0.25, -0.2) is 4.98 Å². The third-order valence-electron chi connectivity index (χ3n) is 4.19. The molecule has 150 valence electrons. The van der Waals surface area contributed by atoms with Crippen LogP contribution >= 0.6 is 34.4 Å². The SMILES string of the molecule is CCCNC(=O)[C@H](C)Sc1nc2scc(-c3cccs3)c2c(=O)n1CC(C)C. The van der Waals surface area contributed by atoms with E-state index >= 15 is 0 Å². The summed E-state index contributed by atoms with van der Waals surface area (Å²) in [6.07, 6.45) is 0.895. The Labute approximate surface area is 177 Å². The second-order valence-corrected chi connectivity index (χ2v) is 10.2. The lowest BCUT2D eigenvalue weighted by Crippen LogP contribution is -2.32. The molecule has 0 bridgehead atoms. The minimum absolute atomic E-state index is 0.0213. The molecular weight excluding hydrogens is 410 g/mol. The van der Waals surface area contributed by atoms with Crippen molar-refractivity contribution >= 4 is 50.6 Å². The molecule has 3 heterocycles. The zero-order valence-electron chi connectivity index (χ0n) is 16.5. The quantitative estimate of drug-likeness (QED) is 0.406. The minimum atomic E-state index is -0.314. The molecule has 3 aromatic rings. The lowest BCUT2D eigenvalue weighted by Gasteiger charge is -2.17. The topological polar surface area (TPSA) is 64.0 Å². The van der Waals surface area contributed by atoms with Crippen molar-refractivity contribution in [3.05, 3.63) is 33.2 Å². The Hall–Kier alpha value is -1.64. The monoisotopic (exact) mass is 435 g/mol. The number of fused-ring (bicyclic) bond motifs is 1. The van der Waals surface area contributed by atoms with Crippen LogP contribution in [0, 0.1) is 5.92 Å². The van der Waals surface area contributed by atoms with Crippen molar-refractivity contribution in [1.82, 2.24) is 14.9 Å². The maximum atomic E-state index is 13.4. The van der Waals surface area contributed by atoms with Crippen molar-refractivity contribution in [3.63, 3.8) is 0 Å². The van der Waals surface area contributed by atoms with Crippen LogP contribution in [0.25, 0.3) is 20.7 Å². The number of nitrogens with zero attached hydrogens (tertiary/aromatic N) is 2. The highest BCUT2D eigenvalue weighted by Gasteiger charge is 2.22. The van der Waals surface area contributed by atoms with Gasteiger partial charge < -0.3 is 5.32 Å². The van der Waals surface area contributed by atoms with Gasteiger partial charge in [-0.05, 0) is 30.7 Å². The van der Waals surface area contributed by atoms with E-state index in [1.54, 1.807) is 15.9 Å². The van der Waals surface area contributed by atoms with Crippen LogP contribution < -0.4 is 10.9 Å². The molecule has 5 nitrogen and oxygen atoms in total. The molecule has 3 rings (SSSR count). The van der Waals surface area contributed by atoms with Gasteiger partial charge in [0, 0.05) is 28.9 Å². The zero-order valence-corrected chi connectivity index (χ0v) is 19.0. The summed E-state index contributed by atoms with van der Waals surface area (Å²) in [4.78, 5) is 32.3. The van der Waals surface area contributed by atoms with Crippen LogP contribution in [-0.4, -0.2) is 27.3 Å². The number of amides is 1. The van der Waals surface area contributed by atoms with E-state index in [1.807, 2.05) is 36.7 Å². The van der Waals surface area contributed by atoms with Gasteiger partial charge in [-0.2, -0.15) is 0 Å². The maximum absolute atomic E-state index is 13.4. The molecule has 0 fully saturated rings. The minimum Gasteiger partial charge on any atom is -0.355 e. The molecule has 0 unspecified atom stereocenters. The highest BCUT2D eigenvalue weighted by molar-refractivity contribution is 8.00. The predicted octanol–water partition coefficient (Wildman–Crippen LogP) is 4.85. The van der Waals surface area contributed by atoms with Gasteiger partial charge in [0.15, 0.2) is 5.16 Å². The Morgan fingerprint density at radius 2 is 2.11 bits per heavy atom. The highest BCUT2D eigenvalue weighted by atomic mass is 32.2. The Morgan fingerprint density at radius 3 is 2.75 bits per heavy atom. The first-order valence-corrected chi connectivity index (χ1v) is 12.1. The summed E-state index contributed by atoms with van der Waals surface area (Å²) in [5.74, 6) is 0.270. The summed E-state index contributed by atoms with van der Waals surface area (Å²) in [6.45, 7) is 9.27. The predicted molar refractivity (Wildman–Crippen MR) is 121 cm³/mol. The van der Waals surface area contributed by atoms with Crippen molar-refractivity contribution in [2.75, 3.05) is 6.54 Å². The molecule has 0 saturated carbocycles. The van der Waals surface area contributed by atoms with Crippen LogP contribution in [0.2, 0.25) is 0 Å². The largest absolute Gasteiger partial charge is 0.355 e. The number of hydrogen-bond acceptors (Lipinski definition) is 6. The van der Waals surface area contributed by atoms with Crippen LogP contribution in [-0.2, 0) is 11.3 Å². The summed E-state index contributed by atoms with van der Waals surface area (Å²) >= 11 is 4.46. The standard InChI is InChI=1S/C20H25N3O2S3/c1-5-8-21-17(24)13(4)28-20-22-18-16(19(25)23(20)10-12(2)3)14(11-27-18)15-7-6-9-26-15/h6-7,9,11-13H,5,8,10H2,1-4H3,(H,21,24)/t13-/m0/s1. The zero-order chi connectivity index (χ0) is 20.3. The van der Waals surface area contributed by atoms with E-state index in [1.165, 1.54) is 23.1 Å². The van der Waals surface area contributed by atoms with E-state index in [0.29, 0.717) is 29.6 Å². The molecule has 0 aliphatic carbocycles. The first kappa shape index (κ1) is 21.1. The van der Waals surface area contributed by atoms with E-state index in [9.17, 15) is 9.59 Å². The number of carbonyl (C=O) groups is 1. The fourth-order valence-electron chi connectivity index (χ4n) is 2.84. The number of aromatic nitrogens is 2. The summed E-state index contributed by atoms with van der Waals surface area (Å²) in [5.41, 5.74) is 0.933. The van der Waals surface area contributed by atoms with Gasteiger partial charge in [0.05, 0.1) is 10.6 Å². The van der Waals surface area contributed by atoms with E-state index in [4.69, 9.17) is 4.98 Å². The average molecular weight is 436 g/mol. The Balaban J connectivity index is 2.05. The molecule has 1 atom stereocenters. The van der Waals surface area contributed by atoms with Crippen LogP contribution in [0.5, 0.6) is 0 Å². The normalized spacial score (nSPS) is 12.6. The van der Waals surface area contributed by atoms with E-state index in [2.05, 4.69) is 19.2 Å². The average Bonchev–Trinajstić information content (AvgIpc) is 3.31. The third-order valence-corrected chi connectivity index (χ3v) is 7.06. The highest BCUT2D eigenvalue weighted by Crippen LogP contribution is 2.35. The molecule has 0 aliphatic rings. The Bertz CT molecular complexity index is 1010. The van der Waals surface area contributed by atoms with Crippen molar-refractivity contribution in [2.45, 2.75) is 51.1 Å². The van der Waals surface area contributed by atoms with Gasteiger partial charge in [0.1, 0.15) is 4.83 Å². The Kier molecular flexibility index (Phi) is 6.95. The van der Waals surface area contributed by atoms with Crippen molar-refractivity contribution in [2.24, 2.45) is 5.92 Å². The Morgan fingerprint density at radius 1 is 1.32 bits per heavy atom. The number of thiophene rings is 2. The second-order valence-electron chi connectivity index (χ2n) is 7.06. The van der Waals surface area contributed by atoms with Crippen molar-refractivity contribution in [3.8, 4) is 10.4 Å². The number of rotatable bonds is 8. The van der Waals surface area contributed by atoms with Gasteiger partial charge in [-0.15, -0.1) is 22.7 Å². The summed E-state index contributed by atoms with van der Waals surface area (Å²) in [7, 11) is 0. The van der Waals surface area contributed by atoms with Crippen molar-refractivity contribution in [1.29, 1.82) is 0 Å². The van der Waals surface area contributed by atoms with E-state index < -0.39 is 0 Å². The summed E-state index contributed by atoms with van der Waals surface area (Å²) in [6, 6.07) is 4.02. The first-order chi connectivity index (χ1) is 13.4. The fraction of sp³-hybridized carbons (Fsp3) is 0.450. The molecule has 8 heteroatoms. The summed E-state index contributed by atoms with van der Waals surface area (Å²) < 4.78 is 1.74. The smallest absolute Gasteiger partial charge is 0.263 e. The van der Waals surface area contributed by atoms with Gasteiger partial charge >= 0.3 is 0 Å². The number of nitrogens with one attached hydrogen (secondary N) is 1. The lowest BCUT2D eigenvalue weighted by molar-refractivity contribution is -0.120. The number of carbonyl (C=O) groups excluding carboxylic acids is 1.